The fraction of sp³-hybridized carbons (Fsp3) is 0.347. The molecule has 5 aromatic rings. The summed E-state index contributed by atoms with van der Waals surface area (Å²) < 4.78 is 6.99. The molecule has 4 aliphatic rings. The Balaban J connectivity index is 0.879. The van der Waals surface area contributed by atoms with Gasteiger partial charge in [-0.3, -0.25) is 28.9 Å². The van der Waals surface area contributed by atoms with Gasteiger partial charge in [-0.2, -0.15) is 0 Å². The summed E-state index contributed by atoms with van der Waals surface area (Å²) in [6.45, 7) is 5.56. The molecule has 3 aromatic heterocycles. The number of benzene rings is 2. The Morgan fingerprint density at radius 3 is 2.58 bits per heavy atom. The number of carbonyl (C=O) groups excluding carboxylic acids is 6. The number of ketones is 1. The van der Waals surface area contributed by atoms with Crippen LogP contribution in [0.15, 0.2) is 65.5 Å². The van der Waals surface area contributed by atoms with E-state index >= 15 is 0 Å². The van der Waals surface area contributed by atoms with Gasteiger partial charge in [0.05, 0.1) is 16.9 Å². The summed E-state index contributed by atoms with van der Waals surface area (Å²) in [7, 11) is 0. The summed E-state index contributed by atoms with van der Waals surface area (Å²) in [5, 5.41) is 6.61. The van der Waals surface area contributed by atoms with Crippen LogP contribution in [-0.2, 0) is 14.4 Å². The Morgan fingerprint density at radius 1 is 0.953 bits per heavy atom. The van der Waals surface area contributed by atoms with Gasteiger partial charge in [-0.05, 0) is 110 Å². The van der Waals surface area contributed by atoms with Gasteiger partial charge in [-0.25, -0.2) is 4.79 Å². The molecule has 2 unspecified atom stereocenters. The number of thiophene rings is 1. The number of rotatable bonds is 11. The zero-order valence-electron chi connectivity index (χ0n) is 35.8. The number of anilines is 2. The number of nitrogens with zero attached hydrogens (tertiary/aromatic N) is 3. The highest BCUT2D eigenvalue weighted by molar-refractivity contribution is 7.17. The number of amides is 5. The number of aromatic nitrogens is 2. The maximum Gasteiger partial charge on any atom is 0.415 e. The Kier molecular flexibility index (Phi) is 12.2. The maximum absolute atomic E-state index is 14.5. The van der Waals surface area contributed by atoms with E-state index in [9.17, 15) is 28.8 Å². The fourth-order valence-corrected chi connectivity index (χ4v) is 10.6. The average molecular weight is 901 g/mol. The lowest BCUT2D eigenvalue weighted by molar-refractivity contribution is -0.137. The summed E-state index contributed by atoms with van der Waals surface area (Å²) in [6.07, 6.45) is 12.4. The lowest BCUT2D eigenvalue weighted by Crippen LogP contribution is -2.38. The highest BCUT2D eigenvalue weighted by Gasteiger charge is 2.35. The normalized spacial score (nSPS) is 19.1. The van der Waals surface area contributed by atoms with E-state index in [2.05, 4.69) is 28.3 Å². The molecule has 0 saturated carbocycles. The van der Waals surface area contributed by atoms with Gasteiger partial charge in [0.15, 0.2) is 5.75 Å². The molecule has 64 heavy (non-hydrogen) atoms. The second kappa shape index (κ2) is 18.1. The zero-order valence-corrected chi connectivity index (χ0v) is 37.3. The molecule has 3 N–H and O–H groups in total. The van der Waals surface area contributed by atoms with Gasteiger partial charge < -0.3 is 29.8 Å². The molecule has 13 nitrogen and oxygen atoms in total. The molecular formula is C49H49ClN6O7S. The Bertz CT molecular complexity index is 2810. The molecule has 2 aromatic carbocycles. The third-order valence-corrected chi connectivity index (χ3v) is 14.3. The number of likely N-dealkylation sites (tertiary alicyclic amines) is 1. The molecular weight excluding hydrogens is 852 g/mol. The number of aromatic amines is 2. The highest BCUT2D eigenvalue weighted by atomic mass is 35.5. The minimum absolute atomic E-state index is 0.167. The number of hydrogen-bond acceptors (Lipinski definition) is 8. The molecule has 0 bridgehead atoms. The van der Waals surface area contributed by atoms with Gasteiger partial charge in [0.1, 0.15) is 17.2 Å². The number of carbonyl (C=O) groups is 6. The summed E-state index contributed by atoms with van der Waals surface area (Å²) >= 11 is 7.92. The van der Waals surface area contributed by atoms with Crippen LogP contribution in [-0.4, -0.2) is 81.5 Å². The molecule has 2 atom stereocenters. The zero-order chi connectivity index (χ0) is 44.6. The number of aryl methyl sites for hydroxylation is 1. The Morgan fingerprint density at radius 2 is 1.78 bits per heavy atom. The van der Waals surface area contributed by atoms with Crippen LogP contribution in [0.1, 0.15) is 114 Å². The number of imide groups is 1. The highest BCUT2D eigenvalue weighted by Crippen LogP contribution is 2.49. The van der Waals surface area contributed by atoms with Gasteiger partial charge in [0.25, 0.3) is 23.6 Å². The predicted molar refractivity (Wildman–Crippen MR) is 250 cm³/mol. The summed E-state index contributed by atoms with van der Waals surface area (Å²) in [6, 6.07) is 10.9. The first-order chi connectivity index (χ1) is 31.0. The standard InChI is InChI=1S/C49H49ClN6O7S/c1-28-9-8-11-36-34(28)23-37(53-36)47(60)51-33-13-14-35-31(21-33)22-38(52-35)48(61)56-26-32(25-50)45-39(56)24-41(46-44(45)29(2)27-64-46)63-49(62)54-18-7-5-10-30(17-20-54)40(57)12-4-3-6-19-55-42(58)15-16-43(55)59/h8,11,13-16,21-25,27-28,30,52-53H,3-7,9-10,12,17-20,26H2,1-2H3,(H,51,60)/b32-25+. The number of H-pyrrole nitrogens is 2. The number of unbranched alkanes of at least 4 members (excludes halogenated alkanes) is 2. The van der Waals surface area contributed by atoms with Crippen molar-refractivity contribution in [2.75, 3.05) is 36.4 Å². The Labute approximate surface area is 379 Å². The molecule has 1 fully saturated rings. The monoisotopic (exact) mass is 900 g/mol. The molecule has 5 amide bonds. The third kappa shape index (κ3) is 8.44. The van der Waals surface area contributed by atoms with E-state index in [1.807, 2.05) is 36.6 Å². The molecule has 1 saturated heterocycles. The quantitative estimate of drug-likeness (QED) is 0.0877. The second-order valence-electron chi connectivity index (χ2n) is 17.2. The molecule has 9 rings (SSSR count). The third-order valence-electron chi connectivity index (χ3n) is 12.9. The van der Waals surface area contributed by atoms with Crippen molar-refractivity contribution in [1.82, 2.24) is 19.8 Å². The van der Waals surface area contributed by atoms with Crippen LogP contribution in [0, 0.1) is 12.8 Å². The first-order valence-corrected chi connectivity index (χ1v) is 23.3. The van der Waals surface area contributed by atoms with Crippen molar-refractivity contribution in [2.24, 2.45) is 5.92 Å². The smallest absolute Gasteiger partial charge is 0.409 e. The lowest BCUT2D eigenvalue weighted by Gasteiger charge is -2.27. The summed E-state index contributed by atoms with van der Waals surface area (Å²) in [5.74, 6) is -0.449. The van der Waals surface area contributed by atoms with Crippen LogP contribution in [0.25, 0.3) is 32.6 Å². The SMILES string of the molecule is Cc1csc2c(OC(=O)N3CCCCC(C(=O)CCCCCN4C(=O)C=CC4=O)CC3)cc3c(c12)/C(=C/Cl)CN3C(=O)c1cc2cc(NC(=O)c3cc4c([nH]3)C=CCC4C)ccc2[nH]1. The maximum atomic E-state index is 14.5. The first kappa shape index (κ1) is 43.0. The van der Waals surface area contributed by atoms with Gasteiger partial charge in [-0.15, -0.1) is 11.3 Å². The van der Waals surface area contributed by atoms with Gasteiger partial charge in [-0.1, -0.05) is 37.4 Å². The molecule has 330 valence electrons. The van der Waals surface area contributed by atoms with Gasteiger partial charge in [0, 0.05) is 89.0 Å². The predicted octanol–water partition coefficient (Wildman–Crippen LogP) is 10.1. The van der Waals surface area contributed by atoms with E-state index in [-0.39, 0.29) is 41.9 Å². The minimum Gasteiger partial charge on any atom is -0.409 e. The fourth-order valence-electron chi connectivity index (χ4n) is 9.41. The van der Waals surface area contributed by atoms with Crippen molar-refractivity contribution in [2.45, 2.75) is 77.6 Å². The molecule has 0 radical (unpaired) electrons. The van der Waals surface area contributed by atoms with Crippen molar-refractivity contribution >= 4 is 102 Å². The van der Waals surface area contributed by atoms with E-state index in [1.54, 1.807) is 28.0 Å². The van der Waals surface area contributed by atoms with Crippen molar-refractivity contribution in [3.8, 4) is 5.75 Å². The van der Waals surface area contributed by atoms with Crippen LogP contribution in [0.4, 0.5) is 16.2 Å². The number of nitrogens with one attached hydrogen (secondary N) is 3. The molecule has 15 heteroatoms. The first-order valence-electron chi connectivity index (χ1n) is 22.0. The van der Waals surface area contributed by atoms with Crippen LogP contribution in [0.2, 0.25) is 0 Å². The molecule has 1 aliphatic carbocycles. The topological polar surface area (TPSA) is 165 Å². The van der Waals surface area contributed by atoms with Crippen LogP contribution in [0.3, 0.4) is 0 Å². The number of ether oxygens (including phenoxy) is 1. The number of Topliss-reactive ketones (excluding diaryl/α,β-unsaturated/α-hetero) is 1. The number of hydrogen-bond donors (Lipinski definition) is 3. The van der Waals surface area contributed by atoms with E-state index < -0.39 is 6.09 Å². The van der Waals surface area contributed by atoms with Crippen molar-refractivity contribution < 1.29 is 33.5 Å². The van der Waals surface area contributed by atoms with Crippen molar-refractivity contribution in [1.29, 1.82) is 0 Å². The van der Waals surface area contributed by atoms with Gasteiger partial charge in [0.2, 0.25) is 0 Å². The van der Waals surface area contributed by atoms with Crippen LogP contribution >= 0.6 is 22.9 Å². The van der Waals surface area contributed by atoms with Crippen molar-refractivity contribution in [3.05, 3.63) is 99.3 Å². The van der Waals surface area contributed by atoms with Crippen LogP contribution < -0.4 is 15.0 Å². The largest absolute Gasteiger partial charge is 0.415 e. The number of fused-ring (bicyclic) bond motifs is 5. The second-order valence-corrected chi connectivity index (χ2v) is 18.3. The van der Waals surface area contributed by atoms with E-state index in [0.717, 1.165) is 81.1 Å². The minimum atomic E-state index is -0.509. The van der Waals surface area contributed by atoms with E-state index in [4.69, 9.17) is 16.3 Å². The summed E-state index contributed by atoms with van der Waals surface area (Å²) in [5.41, 5.74) is 8.84. The number of allylic oxidation sites excluding steroid dienone is 1. The van der Waals surface area contributed by atoms with Gasteiger partial charge >= 0.3 is 6.09 Å². The number of halogens is 1. The average Bonchev–Trinajstić information content (AvgIpc) is 4.11. The summed E-state index contributed by atoms with van der Waals surface area (Å²) in [4.78, 5) is 89.7. The Hall–Kier alpha value is -6.25. The van der Waals surface area contributed by atoms with E-state index in [1.165, 1.54) is 33.9 Å². The van der Waals surface area contributed by atoms with Crippen LogP contribution in [0.5, 0.6) is 5.75 Å². The van der Waals surface area contributed by atoms with E-state index in [0.29, 0.717) is 79.7 Å². The lowest BCUT2D eigenvalue weighted by atomic mass is 9.89. The van der Waals surface area contributed by atoms with Crippen molar-refractivity contribution in [3.63, 3.8) is 0 Å². The molecule has 3 aliphatic heterocycles. The molecule has 0 spiro atoms. The molecule has 6 heterocycles.